The average molecular weight is 433 g/mol. The van der Waals surface area contributed by atoms with E-state index in [0.29, 0.717) is 5.56 Å². The molecule has 2 aromatic rings. The topological polar surface area (TPSA) is 76.6 Å². The molecular weight excluding hydrogens is 412 g/mol. The number of imide groups is 1. The highest BCUT2D eigenvalue weighted by molar-refractivity contribution is 7.98. The number of hydrogen-bond acceptors (Lipinski definition) is 6. The maximum Gasteiger partial charge on any atom is 0.326 e. The van der Waals surface area contributed by atoms with Gasteiger partial charge in [0.05, 0.1) is 17.4 Å². The van der Waals surface area contributed by atoms with Crippen molar-refractivity contribution in [2.24, 2.45) is 11.8 Å². The van der Waals surface area contributed by atoms with E-state index in [4.69, 9.17) is 16.3 Å². The van der Waals surface area contributed by atoms with Gasteiger partial charge in [-0.05, 0) is 37.3 Å². The van der Waals surface area contributed by atoms with Crippen LogP contribution >= 0.6 is 23.4 Å². The molecule has 0 radical (unpaired) electrons. The van der Waals surface area contributed by atoms with E-state index < -0.39 is 5.97 Å². The second-order valence-corrected chi connectivity index (χ2v) is 8.66. The lowest BCUT2D eigenvalue weighted by molar-refractivity contribution is -0.153. The van der Waals surface area contributed by atoms with Gasteiger partial charge in [-0.3, -0.25) is 19.3 Å². The highest BCUT2D eigenvalue weighted by Crippen LogP contribution is 2.37. The molecule has 2 fully saturated rings. The van der Waals surface area contributed by atoms with Crippen molar-refractivity contribution in [2.75, 3.05) is 12.8 Å². The summed E-state index contributed by atoms with van der Waals surface area (Å²) in [5.41, 5.74) is 1.35. The zero-order valence-corrected chi connectivity index (χ0v) is 17.6. The van der Waals surface area contributed by atoms with Crippen LogP contribution in [0.3, 0.4) is 0 Å². The molecule has 2 unspecified atom stereocenters. The van der Waals surface area contributed by atoms with Crippen molar-refractivity contribution < 1.29 is 19.1 Å². The monoisotopic (exact) mass is 432 g/mol. The predicted octanol–water partition coefficient (Wildman–Crippen LogP) is 3.83. The van der Waals surface area contributed by atoms with Crippen LogP contribution < -0.4 is 0 Å². The van der Waals surface area contributed by atoms with E-state index in [-0.39, 0.29) is 42.0 Å². The lowest BCUT2D eigenvalue weighted by atomic mass is 9.81. The summed E-state index contributed by atoms with van der Waals surface area (Å²) >= 11 is 7.87. The summed E-state index contributed by atoms with van der Waals surface area (Å²) in [6.07, 6.45) is 5.32. The number of amides is 2. The number of hydrogen-bond donors (Lipinski definition) is 0. The van der Waals surface area contributed by atoms with Gasteiger partial charge in [0, 0.05) is 15.8 Å². The SMILES string of the molecule is CSc1ccc2cc(COC(=O)CN3C(=O)C4CCCCC4C3=O)c(Cl)nc2c1. The second kappa shape index (κ2) is 8.32. The number of carbonyl (C=O) groups excluding carboxylic acids is 3. The van der Waals surface area contributed by atoms with Crippen LogP contribution in [0.4, 0.5) is 0 Å². The van der Waals surface area contributed by atoms with Gasteiger partial charge >= 0.3 is 5.97 Å². The number of ether oxygens (including phenoxy) is 1. The number of aromatic nitrogens is 1. The number of thioether (sulfide) groups is 1. The summed E-state index contributed by atoms with van der Waals surface area (Å²) in [5, 5.41) is 1.16. The van der Waals surface area contributed by atoms with Crippen LogP contribution in [0.15, 0.2) is 29.2 Å². The highest BCUT2D eigenvalue weighted by Gasteiger charge is 2.48. The van der Waals surface area contributed by atoms with Gasteiger partial charge in [-0.1, -0.05) is 30.5 Å². The molecule has 8 heteroatoms. The smallest absolute Gasteiger partial charge is 0.326 e. The zero-order valence-electron chi connectivity index (χ0n) is 16.0. The summed E-state index contributed by atoms with van der Waals surface area (Å²) in [5.74, 6) is -1.65. The van der Waals surface area contributed by atoms with Crippen molar-refractivity contribution >= 4 is 52.0 Å². The standard InChI is InChI=1S/C21H21ClN2O4S/c1-29-14-7-6-12-8-13(19(22)23-17(12)9-14)11-28-18(25)10-24-20(26)15-4-2-3-5-16(15)21(24)27/h6-9,15-16H,2-5,10-11H2,1H3. The van der Waals surface area contributed by atoms with Crippen molar-refractivity contribution in [3.05, 3.63) is 35.0 Å². The Morgan fingerprint density at radius 3 is 2.55 bits per heavy atom. The third-order valence-electron chi connectivity index (χ3n) is 5.66. The predicted molar refractivity (Wildman–Crippen MR) is 110 cm³/mol. The lowest BCUT2D eigenvalue weighted by Crippen LogP contribution is -2.36. The molecule has 6 nitrogen and oxygen atoms in total. The molecule has 152 valence electrons. The molecule has 2 aliphatic rings. The second-order valence-electron chi connectivity index (χ2n) is 7.42. The van der Waals surface area contributed by atoms with Crippen molar-refractivity contribution in [1.82, 2.24) is 9.88 Å². The number of benzene rings is 1. The normalized spacial score (nSPS) is 21.5. The molecule has 1 saturated carbocycles. The van der Waals surface area contributed by atoms with Crippen molar-refractivity contribution in [2.45, 2.75) is 37.2 Å². The first kappa shape index (κ1) is 20.2. The van der Waals surface area contributed by atoms with Gasteiger partial charge < -0.3 is 4.74 Å². The molecule has 2 heterocycles. The number of likely N-dealkylation sites (tertiary alicyclic amines) is 1. The summed E-state index contributed by atoms with van der Waals surface area (Å²) in [7, 11) is 0. The first-order valence-corrected chi connectivity index (χ1v) is 11.2. The first-order valence-electron chi connectivity index (χ1n) is 9.62. The maximum absolute atomic E-state index is 12.5. The minimum absolute atomic E-state index is 0.0615. The minimum Gasteiger partial charge on any atom is -0.459 e. The Hall–Kier alpha value is -2.12. The molecule has 1 aromatic heterocycles. The number of rotatable bonds is 5. The van der Waals surface area contributed by atoms with Crippen LogP contribution in [-0.2, 0) is 25.7 Å². The Morgan fingerprint density at radius 2 is 1.90 bits per heavy atom. The molecular formula is C21H21ClN2O4S. The molecule has 1 saturated heterocycles. The van der Waals surface area contributed by atoms with E-state index in [1.54, 1.807) is 11.8 Å². The third-order valence-corrected chi connectivity index (χ3v) is 6.71. The van der Waals surface area contributed by atoms with Gasteiger partial charge in [0.25, 0.3) is 0 Å². The van der Waals surface area contributed by atoms with Gasteiger partial charge in [-0.25, -0.2) is 4.98 Å². The Balaban J connectivity index is 1.41. The van der Waals surface area contributed by atoms with Crippen LogP contribution in [0, 0.1) is 11.8 Å². The largest absolute Gasteiger partial charge is 0.459 e. The molecule has 0 N–H and O–H groups in total. The van der Waals surface area contributed by atoms with Gasteiger partial charge in [-0.15, -0.1) is 11.8 Å². The van der Waals surface area contributed by atoms with E-state index in [0.717, 1.165) is 46.4 Å². The van der Waals surface area contributed by atoms with Gasteiger partial charge in [0.2, 0.25) is 11.8 Å². The number of esters is 1. The molecule has 0 bridgehead atoms. The minimum atomic E-state index is -0.626. The van der Waals surface area contributed by atoms with Crippen LogP contribution in [-0.4, -0.2) is 40.5 Å². The Kier molecular flexibility index (Phi) is 5.79. The first-order chi connectivity index (χ1) is 14.0. The van der Waals surface area contributed by atoms with Gasteiger partial charge in [0.15, 0.2) is 0 Å². The maximum atomic E-state index is 12.5. The van der Waals surface area contributed by atoms with E-state index in [9.17, 15) is 14.4 Å². The molecule has 2 atom stereocenters. The average Bonchev–Trinajstić information content (AvgIpc) is 2.97. The number of halogens is 1. The molecule has 0 spiro atoms. The van der Waals surface area contributed by atoms with Crippen LogP contribution in [0.5, 0.6) is 0 Å². The van der Waals surface area contributed by atoms with Crippen LogP contribution in [0.1, 0.15) is 31.2 Å². The number of fused-ring (bicyclic) bond motifs is 2. The Labute approximate surface area is 177 Å². The van der Waals surface area contributed by atoms with Crippen LogP contribution in [0.25, 0.3) is 10.9 Å². The Morgan fingerprint density at radius 1 is 1.21 bits per heavy atom. The quantitative estimate of drug-likeness (QED) is 0.309. The molecule has 29 heavy (non-hydrogen) atoms. The van der Waals surface area contributed by atoms with E-state index in [1.807, 2.05) is 30.5 Å². The fraction of sp³-hybridized carbons (Fsp3) is 0.429. The van der Waals surface area contributed by atoms with Gasteiger partial charge in [-0.2, -0.15) is 0 Å². The summed E-state index contributed by atoms with van der Waals surface area (Å²) in [6.45, 7) is -0.408. The highest BCUT2D eigenvalue weighted by atomic mass is 35.5. The summed E-state index contributed by atoms with van der Waals surface area (Å²) in [4.78, 5) is 43.8. The number of nitrogens with zero attached hydrogens (tertiary/aromatic N) is 2. The molecule has 2 amide bonds. The number of carbonyl (C=O) groups is 3. The lowest BCUT2D eigenvalue weighted by Gasteiger charge is -2.19. The van der Waals surface area contributed by atoms with Crippen LogP contribution in [0.2, 0.25) is 5.15 Å². The fourth-order valence-electron chi connectivity index (χ4n) is 4.12. The molecule has 4 rings (SSSR count). The molecule has 1 aliphatic heterocycles. The van der Waals surface area contributed by atoms with Crippen molar-refractivity contribution in [1.29, 1.82) is 0 Å². The van der Waals surface area contributed by atoms with E-state index in [1.165, 1.54) is 0 Å². The van der Waals surface area contributed by atoms with Gasteiger partial charge in [0.1, 0.15) is 18.3 Å². The summed E-state index contributed by atoms with van der Waals surface area (Å²) in [6, 6.07) is 7.72. The molecule has 1 aliphatic carbocycles. The van der Waals surface area contributed by atoms with E-state index >= 15 is 0 Å². The fourth-order valence-corrected chi connectivity index (χ4v) is 4.75. The summed E-state index contributed by atoms with van der Waals surface area (Å²) < 4.78 is 5.30. The van der Waals surface area contributed by atoms with Crippen molar-refractivity contribution in [3.8, 4) is 0 Å². The number of pyridine rings is 1. The zero-order chi connectivity index (χ0) is 20.5. The Bertz CT molecular complexity index is 972. The van der Waals surface area contributed by atoms with Crippen molar-refractivity contribution in [3.63, 3.8) is 0 Å². The van der Waals surface area contributed by atoms with E-state index in [2.05, 4.69) is 4.98 Å². The third kappa shape index (κ3) is 3.98. The molecule has 1 aromatic carbocycles.